The SMILES string of the molecule is C1CCC(CC2CCCCC2)CC1.C=CC(=O)O.CCOC(N)=O. The van der Waals surface area contributed by atoms with Crippen LogP contribution in [-0.2, 0) is 9.53 Å². The first-order valence-electron chi connectivity index (χ1n) is 9.27. The third-order valence-electron chi connectivity index (χ3n) is 4.58. The molecular formula is C19H35NO4. The van der Waals surface area contributed by atoms with Crippen LogP contribution in [0, 0.1) is 11.8 Å². The number of amides is 1. The van der Waals surface area contributed by atoms with E-state index in [2.05, 4.69) is 17.0 Å². The molecule has 140 valence electrons. The summed E-state index contributed by atoms with van der Waals surface area (Å²) in [6, 6.07) is 0. The highest BCUT2D eigenvalue weighted by molar-refractivity contribution is 5.78. The zero-order valence-electron chi connectivity index (χ0n) is 15.2. The molecule has 5 nitrogen and oxygen atoms in total. The summed E-state index contributed by atoms with van der Waals surface area (Å²) in [5.74, 6) is 1.26. The standard InChI is InChI=1S/C13H24.C3H7NO2.C3H4O2/c1-3-7-12(8-4-1)11-13-9-5-2-6-10-13;1-2-6-3(4)5;1-2-3(4)5/h12-13H,1-11H2;2H2,1H3,(H2,4,5);2H,1H2,(H,4,5). The Morgan fingerprint density at radius 1 is 1.04 bits per heavy atom. The van der Waals surface area contributed by atoms with Crippen molar-refractivity contribution in [1.29, 1.82) is 0 Å². The minimum Gasteiger partial charge on any atom is -0.478 e. The molecule has 2 rings (SSSR count). The molecule has 0 saturated heterocycles. The molecule has 3 N–H and O–H groups in total. The van der Waals surface area contributed by atoms with Gasteiger partial charge in [0, 0.05) is 6.08 Å². The van der Waals surface area contributed by atoms with Crippen LogP contribution in [0.15, 0.2) is 12.7 Å². The topological polar surface area (TPSA) is 89.6 Å². The van der Waals surface area contributed by atoms with E-state index in [0.717, 1.165) is 17.9 Å². The lowest BCUT2D eigenvalue weighted by atomic mass is 9.78. The number of hydrogen-bond donors (Lipinski definition) is 2. The minimum atomic E-state index is -0.981. The zero-order chi connectivity index (χ0) is 18.2. The Morgan fingerprint density at radius 2 is 1.42 bits per heavy atom. The van der Waals surface area contributed by atoms with Gasteiger partial charge in [-0.1, -0.05) is 70.8 Å². The highest BCUT2D eigenvalue weighted by Crippen LogP contribution is 2.34. The van der Waals surface area contributed by atoms with Crippen molar-refractivity contribution in [3.63, 3.8) is 0 Å². The molecule has 2 aliphatic carbocycles. The summed E-state index contributed by atoms with van der Waals surface area (Å²) in [6.45, 7) is 5.02. The van der Waals surface area contributed by atoms with E-state index in [4.69, 9.17) is 5.11 Å². The van der Waals surface area contributed by atoms with Gasteiger partial charge >= 0.3 is 12.1 Å². The molecule has 0 aromatic heterocycles. The maximum absolute atomic E-state index is 9.60. The zero-order valence-corrected chi connectivity index (χ0v) is 15.2. The van der Waals surface area contributed by atoms with E-state index in [9.17, 15) is 9.59 Å². The average molecular weight is 341 g/mol. The maximum atomic E-state index is 9.60. The molecular weight excluding hydrogens is 306 g/mol. The number of hydrogen-bond acceptors (Lipinski definition) is 3. The second-order valence-corrected chi connectivity index (χ2v) is 6.54. The fraction of sp³-hybridized carbons (Fsp3) is 0.789. The third kappa shape index (κ3) is 14.1. The highest BCUT2D eigenvalue weighted by Gasteiger charge is 2.20. The van der Waals surface area contributed by atoms with E-state index in [1.807, 2.05) is 0 Å². The predicted molar refractivity (Wildman–Crippen MR) is 96.8 cm³/mol. The fourth-order valence-electron chi connectivity index (χ4n) is 3.46. The number of carbonyl (C=O) groups is 2. The fourth-order valence-corrected chi connectivity index (χ4v) is 3.46. The number of ether oxygens (including phenoxy) is 1. The number of primary amides is 1. The van der Waals surface area contributed by atoms with Crippen molar-refractivity contribution >= 4 is 12.1 Å². The van der Waals surface area contributed by atoms with Crippen molar-refractivity contribution in [2.24, 2.45) is 17.6 Å². The lowest BCUT2D eigenvalue weighted by Gasteiger charge is -2.28. The van der Waals surface area contributed by atoms with E-state index in [1.165, 1.54) is 38.5 Å². The van der Waals surface area contributed by atoms with E-state index < -0.39 is 12.1 Å². The van der Waals surface area contributed by atoms with Gasteiger partial charge in [-0.15, -0.1) is 0 Å². The largest absolute Gasteiger partial charge is 0.478 e. The Morgan fingerprint density at radius 3 is 1.62 bits per heavy atom. The summed E-state index contributed by atoms with van der Waals surface area (Å²) in [5, 5.41) is 7.60. The van der Waals surface area contributed by atoms with E-state index in [1.54, 1.807) is 39.0 Å². The van der Waals surface area contributed by atoms with Crippen LogP contribution in [0.4, 0.5) is 4.79 Å². The number of carboxylic acids is 1. The molecule has 0 atom stereocenters. The van der Waals surface area contributed by atoms with Gasteiger partial charge in [-0.3, -0.25) is 0 Å². The van der Waals surface area contributed by atoms with Gasteiger partial charge in [0.05, 0.1) is 6.61 Å². The summed E-state index contributed by atoms with van der Waals surface area (Å²) in [7, 11) is 0. The first-order valence-corrected chi connectivity index (χ1v) is 9.27. The van der Waals surface area contributed by atoms with Crippen LogP contribution in [0.2, 0.25) is 0 Å². The Balaban J connectivity index is 0.000000405. The maximum Gasteiger partial charge on any atom is 0.404 e. The first kappa shape index (κ1) is 22.5. The summed E-state index contributed by atoms with van der Waals surface area (Å²) in [6.07, 6.45) is 17.0. The molecule has 0 spiro atoms. The quantitative estimate of drug-likeness (QED) is 0.712. The Kier molecular flexibility index (Phi) is 14.1. The molecule has 1 amide bonds. The van der Waals surface area contributed by atoms with E-state index in [0.29, 0.717) is 6.61 Å². The third-order valence-corrected chi connectivity index (χ3v) is 4.58. The average Bonchev–Trinajstić information content (AvgIpc) is 2.58. The molecule has 2 fully saturated rings. The normalized spacial score (nSPS) is 18.2. The number of carboxylic acid groups (broad SMARTS) is 1. The number of nitrogens with two attached hydrogens (primary N) is 1. The molecule has 0 aromatic carbocycles. The van der Waals surface area contributed by atoms with Gasteiger partial charge in [0.1, 0.15) is 0 Å². The van der Waals surface area contributed by atoms with Crippen LogP contribution >= 0.6 is 0 Å². The number of carbonyl (C=O) groups excluding carboxylic acids is 1. The molecule has 0 aromatic rings. The van der Waals surface area contributed by atoms with Gasteiger partial charge in [0.2, 0.25) is 0 Å². The molecule has 0 heterocycles. The van der Waals surface area contributed by atoms with E-state index >= 15 is 0 Å². The van der Waals surface area contributed by atoms with Gasteiger partial charge in [-0.05, 0) is 25.2 Å². The predicted octanol–water partition coefficient (Wildman–Crippen LogP) is 4.90. The molecule has 0 radical (unpaired) electrons. The Bertz CT molecular complexity index is 329. The van der Waals surface area contributed by atoms with Crippen molar-refractivity contribution in [3.8, 4) is 0 Å². The van der Waals surface area contributed by atoms with Crippen molar-refractivity contribution < 1.29 is 19.4 Å². The highest BCUT2D eigenvalue weighted by atomic mass is 16.5. The van der Waals surface area contributed by atoms with Crippen LogP contribution < -0.4 is 5.73 Å². The molecule has 2 saturated carbocycles. The minimum absolute atomic E-state index is 0.356. The lowest BCUT2D eigenvalue weighted by Crippen LogP contribution is -2.14. The van der Waals surface area contributed by atoms with Crippen molar-refractivity contribution in [2.45, 2.75) is 77.6 Å². The van der Waals surface area contributed by atoms with Gasteiger partial charge in [-0.25, -0.2) is 9.59 Å². The summed E-state index contributed by atoms with van der Waals surface area (Å²) in [5.41, 5.74) is 4.54. The van der Waals surface area contributed by atoms with Gasteiger partial charge in [-0.2, -0.15) is 0 Å². The van der Waals surface area contributed by atoms with Crippen molar-refractivity contribution in [2.75, 3.05) is 6.61 Å². The van der Waals surface area contributed by atoms with Gasteiger partial charge in [0.15, 0.2) is 0 Å². The lowest BCUT2D eigenvalue weighted by molar-refractivity contribution is -0.131. The van der Waals surface area contributed by atoms with Crippen molar-refractivity contribution in [3.05, 3.63) is 12.7 Å². The summed E-state index contributed by atoms with van der Waals surface area (Å²) < 4.78 is 4.18. The monoisotopic (exact) mass is 341 g/mol. The molecule has 24 heavy (non-hydrogen) atoms. The second-order valence-electron chi connectivity index (χ2n) is 6.54. The molecule has 0 aliphatic heterocycles. The van der Waals surface area contributed by atoms with Gasteiger partial charge < -0.3 is 15.6 Å². The summed E-state index contributed by atoms with van der Waals surface area (Å²) in [4.78, 5) is 18.8. The van der Waals surface area contributed by atoms with Crippen molar-refractivity contribution in [1.82, 2.24) is 0 Å². The molecule has 0 bridgehead atoms. The molecule has 0 unspecified atom stereocenters. The number of aliphatic carboxylic acids is 1. The first-order chi connectivity index (χ1) is 11.5. The van der Waals surface area contributed by atoms with E-state index in [-0.39, 0.29) is 0 Å². The summed E-state index contributed by atoms with van der Waals surface area (Å²) >= 11 is 0. The van der Waals surface area contributed by atoms with Crippen LogP contribution in [0.5, 0.6) is 0 Å². The smallest absolute Gasteiger partial charge is 0.404 e. The second kappa shape index (κ2) is 15.0. The molecule has 2 aliphatic rings. The number of rotatable bonds is 4. The van der Waals surface area contributed by atoms with Crippen LogP contribution in [0.1, 0.15) is 77.6 Å². The van der Waals surface area contributed by atoms with Crippen LogP contribution in [0.25, 0.3) is 0 Å². The van der Waals surface area contributed by atoms with Gasteiger partial charge in [0.25, 0.3) is 0 Å². The van der Waals surface area contributed by atoms with Crippen LogP contribution in [-0.4, -0.2) is 23.8 Å². The Hall–Kier alpha value is -1.52. The van der Waals surface area contributed by atoms with Crippen LogP contribution in [0.3, 0.4) is 0 Å². The molecule has 5 heteroatoms. The Labute approximate surface area is 146 Å².